The van der Waals surface area contributed by atoms with E-state index >= 15 is 0 Å². The fourth-order valence-corrected chi connectivity index (χ4v) is 3.52. The molecule has 0 saturated carbocycles. The van der Waals surface area contributed by atoms with E-state index in [1.54, 1.807) is 12.1 Å². The molecule has 0 heterocycles. The number of halogens is 4. The van der Waals surface area contributed by atoms with E-state index in [9.17, 15) is 17.4 Å². The lowest BCUT2D eigenvalue weighted by Crippen LogP contribution is -2.39. The molecule has 0 aliphatic carbocycles. The standard InChI is InChI=1S/C21H26F3N3O2S.HI/c1-2-25-20(26-12-13-30(28)15-18-6-4-3-5-7-18)27-14-17-8-10-19(11-9-17)29-16-21(22,23)24;/h3-11H,2,12-16H2,1H3,(H2,25,26,27);1H. The number of rotatable bonds is 10. The molecule has 2 aromatic rings. The zero-order chi connectivity index (χ0) is 21.8. The predicted molar refractivity (Wildman–Crippen MR) is 129 cm³/mol. The minimum Gasteiger partial charge on any atom is -0.484 e. The number of ether oxygens (including phenoxy) is 1. The van der Waals surface area contributed by atoms with Crippen molar-refractivity contribution in [3.05, 3.63) is 65.7 Å². The summed E-state index contributed by atoms with van der Waals surface area (Å²) in [5.74, 6) is 1.75. The van der Waals surface area contributed by atoms with Crippen LogP contribution in [0.5, 0.6) is 5.75 Å². The minimum absolute atomic E-state index is 0. The van der Waals surface area contributed by atoms with Crippen LogP contribution in [0.1, 0.15) is 18.1 Å². The first kappa shape index (κ1) is 27.2. The van der Waals surface area contributed by atoms with Gasteiger partial charge in [-0.1, -0.05) is 42.5 Å². The quantitative estimate of drug-likeness (QED) is 0.255. The summed E-state index contributed by atoms with van der Waals surface area (Å²) in [6.45, 7) is 2.16. The van der Waals surface area contributed by atoms with Crippen LogP contribution in [0.2, 0.25) is 0 Å². The van der Waals surface area contributed by atoms with Crippen molar-refractivity contribution in [3.63, 3.8) is 0 Å². The number of guanidine groups is 1. The summed E-state index contributed by atoms with van der Waals surface area (Å²) in [6.07, 6.45) is -4.36. The summed E-state index contributed by atoms with van der Waals surface area (Å²) < 4.78 is 53.5. The van der Waals surface area contributed by atoms with E-state index in [0.29, 0.717) is 37.1 Å². The lowest BCUT2D eigenvalue weighted by Gasteiger charge is -2.12. The minimum atomic E-state index is -4.36. The summed E-state index contributed by atoms with van der Waals surface area (Å²) in [4.78, 5) is 4.45. The lowest BCUT2D eigenvalue weighted by atomic mass is 10.2. The second kappa shape index (κ2) is 14.3. The summed E-state index contributed by atoms with van der Waals surface area (Å²) in [5, 5.41) is 6.27. The first-order chi connectivity index (χ1) is 14.4. The maximum atomic E-state index is 12.2. The average molecular weight is 569 g/mol. The molecule has 5 nitrogen and oxygen atoms in total. The first-order valence-electron chi connectivity index (χ1n) is 9.55. The van der Waals surface area contributed by atoms with Crippen molar-refractivity contribution < 1.29 is 22.1 Å². The van der Waals surface area contributed by atoms with Crippen LogP contribution in [0, 0.1) is 0 Å². The number of alkyl halides is 3. The summed E-state index contributed by atoms with van der Waals surface area (Å²) in [5.41, 5.74) is 1.87. The normalized spacial score (nSPS) is 12.6. The number of hydrogen-bond acceptors (Lipinski definition) is 3. The topological polar surface area (TPSA) is 62.7 Å². The number of hydrogen-bond donors (Lipinski definition) is 2. The van der Waals surface area contributed by atoms with Crippen LogP contribution in [-0.4, -0.2) is 41.8 Å². The Kier molecular flexibility index (Phi) is 12.5. The van der Waals surface area contributed by atoms with Crippen molar-refractivity contribution in [3.8, 4) is 5.75 Å². The Bertz CT molecular complexity index is 819. The van der Waals surface area contributed by atoms with Gasteiger partial charge in [0.2, 0.25) is 0 Å². The van der Waals surface area contributed by atoms with Crippen molar-refractivity contribution in [2.75, 3.05) is 25.4 Å². The monoisotopic (exact) mass is 569 g/mol. The Morgan fingerprint density at radius 3 is 2.32 bits per heavy atom. The molecule has 2 N–H and O–H groups in total. The van der Waals surface area contributed by atoms with E-state index in [1.165, 1.54) is 12.1 Å². The maximum Gasteiger partial charge on any atom is 0.422 e. The van der Waals surface area contributed by atoms with Crippen molar-refractivity contribution in [1.29, 1.82) is 0 Å². The third-order valence-electron chi connectivity index (χ3n) is 3.88. The highest BCUT2D eigenvalue weighted by Crippen LogP contribution is 2.19. The maximum absolute atomic E-state index is 12.2. The van der Waals surface area contributed by atoms with Crippen LogP contribution in [0.3, 0.4) is 0 Å². The van der Waals surface area contributed by atoms with Crippen LogP contribution in [0.4, 0.5) is 13.2 Å². The smallest absolute Gasteiger partial charge is 0.422 e. The zero-order valence-electron chi connectivity index (χ0n) is 17.2. The Morgan fingerprint density at radius 1 is 1.03 bits per heavy atom. The van der Waals surface area contributed by atoms with Crippen LogP contribution in [-0.2, 0) is 23.1 Å². The number of benzene rings is 2. The summed E-state index contributed by atoms with van der Waals surface area (Å²) in [6, 6.07) is 16.0. The van der Waals surface area contributed by atoms with Gasteiger partial charge in [0.25, 0.3) is 0 Å². The van der Waals surface area contributed by atoms with Crippen LogP contribution < -0.4 is 15.4 Å². The second-order valence-electron chi connectivity index (χ2n) is 6.44. The lowest BCUT2D eigenvalue weighted by molar-refractivity contribution is -0.153. The molecular weight excluding hydrogens is 542 g/mol. The highest BCUT2D eigenvalue weighted by molar-refractivity contribution is 14.0. The van der Waals surface area contributed by atoms with Gasteiger partial charge in [0.15, 0.2) is 12.6 Å². The number of nitrogens with zero attached hydrogens (tertiary/aromatic N) is 1. The van der Waals surface area contributed by atoms with Crippen LogP contribution in [0.15, 0.2) is 59.6 Å². The largest absolute Gasteiger partial charge is 0.484 e. The number of aliphatic imine (C=N–C) groups is 1. The number of nitrogens with one attached hydrogen (secondary N) is 2. The van der Waals surface area contributed by atoms with Gasteiger partial charge >= 0.3 is 6.18 Å². The molecule has 2 rings (SSSR count). The summed E-state index contributed by atoms with van der Waals surface area (Å²) in [7, 11) is -0.982. The van der Waals surface area contributed by atoms with E-state index in [4.69, 9.17) is 4.74 Å². The molecule has 1 unspecified atom stereocenters. The van der Waals surface area contributed by atoms with Gasteiger partial charge in [0.05, 0.1) is 6.54 Å². The molecule has 1 atom stereocenters. The van der Waals surface area contributed by atoms with Gasteiger partial charge in [-0.3, -0.25) is 4.21 Å². The molecule has 10 heteroatoms. The highest BCUT2D eigenvalue weighted by Gasteiger charge is 2.28. The highest BCUT2D eigenvalue weighted by atomic mass is 127. The third kappa shape index (κ3) is 12.0. The molecule has 0 spiro atoms. The van der Waals surface area contributed by atoms with Crippen LogP contribution >= 0.6 is 24.0 Å². The van der Waals surface area contributed by atoms with Crippen LogP contribution in [0.25, 0.3) is 0 Å². The Labute approximate surface area is 200 Å². The van der Waals surface area contributed by atoms with Gasteiger partial charge in [0.1, 0.15) is 5.75 Å². The molecule has 0 aliphatic rings. The molecular formula is C21H27F3IN3O2S. The van der Waals surface area contributed by atoms with Gasteiger partial charge in [-0.15, -0.1) is 24.0 Å². The average Bonchev–Trinajstić information content (AvgIpc) is 2.71. The zero-order valence-corrected chi connectivity index (χ0v) is 20.3. The van der Waals surface area contributed by atoms with E-state index in [1.807, 2.05) is 37.3 Å². The van der Waals surface area contributed by atoms with E-state index in [-0.39, 0.29) is 29.7 Å². The van der Waals surface area contributed by atoms with Gasteiger partial charge in [-0.25, -0.2) is 4.99 Å². The molecule has 0 saturated heterocycles. The molecule has 0 aromatic heterocycles. The molecule has 0 bridgehead atoms. The molecule has 0 radical (unpaired) electrons. The second-order valence-corrected chi connectivity index (χ2v) is 8.02. The molecule has 2 aromatic carbocycles. The SMILES string of the molecule is CCNC(=NCc1ccc(OCC(F)(F)F)cc1)NCCS(=O)Cc1ccccc1.I. The molecule has 0 fully saturated rings. The van der Waals surface area contributed by atoms with Gasteiger partial charge in [0, 0.05) is 35.4 Å². The Hall–Kier alpha value is -1.82. The van der Waals surface area contributed by atoms with E-state index < -0.39 is 23.6 Å². The third-order valence-corrected chi connectivity index (χ3v) is 5.20. The fraction of sp³-hybridized carbons (Fsp3) is 0.381. The molecule has 0 amide bonds. The molecule has 0 aliphatic heterocycles. The molecule has 172 valence electrons. The van der Waals surface area contributed by atoms with E-state index in [2.05, 4.69) is 15.6 Å². The Balaban J connectivity index is 0.00000480. The van der Waals surface area contributed by atoms with Gasteiger partial charge < -0.3 is 15.4 Å². The van der Waals surface area contributed by atoms with Gasteiger partial charge in [-0.2, -0.15) is 13.2 Å². The first-order valence-corrected chi connectivity index (χ1v) is 11.0. The van der Waals surface area contributed by atoms with E-state index in [0.717, 1.165) is 11.1 Å². The van der Waals surface area contributed by atoms with Crippen molar-refractivity contribution in [2.45, 2.75) is 25.4 Å². The fourth-order valence-electron chi connectivity index (χ4n) is 2.48. The molecule has 31 heavy (non-hydrogen) atoms. The van der Waals surface area contributed by atoms with Crippen molar-refractivity contribution >= 4 is 40.7 Å². The summed E-state index contributed by atoms with van der Waals surface area (Å²) >= 11 is 0. The van der Waals surface area contributed by atoms with Crippen molar-refractivity contribution in [2.24, 2.45) is 4.99 Å². The van der Waals surface area contributed by atoms with Crippen molar-refractivity contribution in [1.82, 2.24) is 10.6 Å². The van der Waals surface area contributed by atoms with Gasteiger partial charge in [-0.05, 0) is 30.2 Å². The Morgan fingerprint density at radius 2 is 1.71 bits per heavy atom. The predicted octanol–water partition coefficient (Wildman–Crippen LogP) is 4.25.